The number of pyridine rings is 1. The van der Waals surface area contributed by atoms with Crippen molar-refractivity contribution in [3.8, 4) is 11.5 Å². The Balaban J connectivity index is 1.51. The van der Waals surface area contributed by atoms with E-state index in [0.29, 0.717) is 30.4 Å². The molecule has 2 aliphatic rings. The summed E-state index contributed by atoms with van der Waals surface area (Å²) < 4.78 is 5.46. The second-order valence-electron chi connectivity index (χ2n) is 8.49. The van der Waals surface area contributed by atoms with Gasteiger partial charge in [0.05, 0.1) is 11.3 Å². The number of nitrogens with zero attached hydrogens (tertiary/aromatic N) is 3. The Bertz CT molecular complexity index is 937. The number of aliphatic hydroxyl groups excluding tert-OH is 1. The van der Waals surface area contributed by atoms with Crippen LogP contribution in [0.5, 0.6) is 0 Å². The summed E-state index contributed by atoms with van der Waals surface area (Å²) in [4.78, 5) is 7.68. The molecule has 3 N–H and O–H groups in total. The standard InChI is InChI=1S/C20H25N5O2/c1-12-6-13-8-20(7-12,10-26)4-2-16(13)24-17-14-3-5-21-18(14)22-9-15(17)19-25-23-11-27-19/h3,5,9,11-13,16,26H,2,4,6-8,10H2,1H3,(H2,21,22,24)/t12?,13-,16?,20-/m0/s1. The van der Waals surface area contributed by atoms with Gasteiger partial charge >= 0.3 is 0 Å². The van der Waals surface area contributed by atoms with Crippen molar-refractivity contribution in [2.24, 2.45) is 17.3 Å². The van der Waals surface area contributed by atoms with Gasteiger partial charge in [-0.2, -0.15) is 0 Å². The lowest BCUT2D eigenvalue weighted by molar-refractivity contribution is -0.00900. The average molecular weight is 367 g/mol. The molecular formula is C20H25N5O2. The third-order valence-electron chi connectivity index (χ3n) is 6.58. The zero-order chi connectivity index (χ0) is 18.4. The molecule has 0 amide bonds. The van der Waals surface area contributed by atoms with E-state index >= 15 is 0 Å². The lowest BCUT2D eigenvalue weighted by Gasteiger charge is -2.50. The third-order valence-corrected chi connectivity index (χ3v) is 6.58. The predicted molar refractivity (Wildman–Crippen MR) is 102 cm³/mol. The molecule has 7 heteroatoms. The minimum Gasteiger partial charge on any atom is -0.423 e. The van der Waals surface area contributed by atoms with Crippen LogP contribution in [0.25, 0.3) is 22.5 Å². The average Bonchev–Trinajstić information content (AvgIpc) is 3.35. The number of aliphatic hydroxyl groups is 1. The smallest absolute Gasteiger partial charge is 0.251 e. The van der Waals surface area contributed by atoms with Crippen molar-refractivity contribution in [2.75, 3.05) is 11.9 Å². The van der Waals surface area contributed by atoms with Crippen molar-refractivity contribution in [3.05, 3.63) is 24.9 Å². The monoisotopic (exact) mass is 367 g/mol. The Morgan fingerprint density at radius 3 is 3.15 bits per heavy atom. The second-order valence-corrected chi connectivity index (χ2v) is 8.49. The molecule has 7 nitrogen and oxygen atoms in total. The van der Waals surface area contributed by atoms with Crippen LogP contribution in [0.3, 0.4) is 0 Å². The number of fused-ring (bicyclic) bond motifs is 3. The Morgan fingerprint density at radius 1 is 1.41 bits per heavy atom. The van der Waals surface area contributed by atoms with Crippen molar-refractivity contribution >= 4 is 16.7 Å². The van der Waals surface area contributed by atoms with Crippen molar-refractivity contribution in [2.45, 2.75) is 45.1 Å². The van der Waals surface area contributed by atoms with E-state index in [1.807, 2.05) is 12.3 Å². The highest BCUT2D eigenvalue weighted by molar-refractivity contribution is 5.96. The van der Waals surface area contributed by atoms with Crippen LogP contribution in [-0.2, 0) is 0 Å². The van der Waals surface area contributed by atoms with Crippen LogP contribution in [0.4, 0.5) is 5.69 Å². The minimum absolute atomic E-state index is 0.122. The zero-order valence-electron chi connectivity index (χ0n) is 15.5. The molecule has 0 spiro atoms. The Labute approximate surface area is 157 Å². The number of hydrogen-bond acceptors (Lipinski definition) is 6. The van der Waals surface area contributed by atoms with Gasteiger partial charge in [-0.25, -0.2) is 4.98 Å². The lowest BCUT2D eigenvalue weighted by Crippen LogP contribution is -2.47. The predicted octanol–water partition coefficient (Wildman–Crippen LogP) is 3.60. The van der Waals surface area contributed by atoms with E-state index in [1.54, 1.807) is 6.20 Å². The highest BCUT2D eigenvalue weighted by Gasteiger charge is 2.45. The molecule has 2 aliphatic carbocycles. The van der Waals surface area contributed by atoms with Crippen LogP contribution in [0, 0.1) is 17.3 Å². The number of aromatic amines is 1. The first-order chi connectivity index (χ1) is 13.2. The fraction of sp³-hybridized carbons (Fsp3) is 0.550. The highest BCUT2D eigenvalue weighted by Crippen LogP contribution is 2.51. The Hall–Kier alpha value is -2.41. The molecule has 2 saturated carbocycles. The molecule has 27 heavy (non-hydrogen) atoms. The van der Waals surface area contributed by atoms with Crippen LogP contribution in [0.2, 0.25) is 0 Å². The van der Waals surface area contributed by atoms with Gasteiger partial charge in [0.15, 0.2) is 0 Å². The summed E-state index contributed by atoms with van der Waals surface area (Å²) in [6.07, 6.45) is 10.6. The first kappa shape index (κ1) is 16.7. The van der Waals surface area contributed by atoms with Crippen molar-refractivity contribution in [3.63, 3.8) is 0 Å². The number of aromatic nitrogens is 4. The first-order valence-electron chi connectivity index (χ1n) is 9.77. The molecule has 4 atom stereocenters. The molecule has 2 unspecified atom stereocenters. The van der Waals surface area contributed by atoms with Crippen LogP contribution >= 0.6 is 0 Å². The minimum atomic E-state index is 0.122. The van der Waals surface area contributed by atoms with E-state index in [2.05, 4.69) is 32.4 Å². The largest absolute Gasteiger partial charge is 0.423 e. The molecule has 0 saturated heterocycles. The fourth-order valence-corrected chi connectivity index (χ4v) is 5.47. The number of hydrogen-bond donors (Lipinski definition) is 3. The van der Waals surface area contributed by atoms with Gasteiger partial charge in [0.1, 0.15) is 5.65 Å². The van der Waals surface area contributed by atoms with Crippen molar-refractivity contribution in [1.29, 1.82) is 0 Å². The van der Waals surface area contributed by atoms with Gasteiger partial charge in [0.2, 0.25) is 6.39 Å². The molecule has 0 aromatic carbocycles. The number of anilines is 1. The van der Waals surface area contributed by atoms with Gasteiger partial charge in [-0.3, -0.25) is 0 Å². The molecule has 2 fully saturated rings. The highest BCUT2D eigenvalue weighted by atomic mass is 16.4. The first-order valence-corrected chi connectivity index (χ1v) is 9.77. The third kappa shape index (κ3) is 2.81. The Kier molecular flexibility index (Phi) is 3.93. The molecule has 5 rings (SSSR count). The fourth-order valence-electron chi connectivity index (χ4n) is 5.47. The van der Waals surface area contributed by atoms with Crippen LogP contribution in [0.1, 0.15) is 39.0 Å². The topological polar surface area (TPSA) is 99.9 Å². The molecule has 3 aromatic rings. The van der Waals surface area contributed by atoms with E-state index in [4.69, 9.17) is 4.42 Å². The molecule has 0 radical (unpaired) electrons. The SMILES string of the molecule is CC1C[C@H]2C[C@](CO)(CCC2Nc2c(-c3nnco3)cnc3[nH]ccc23)C1. The maximum atomic E-state index is 10.0. The molecule has 3 heterocycles. The van der Waals surface area contributed by atoms with Gasteiger partial charge in [0, 0.05) is 30.4 Å². The molecule has 2 bridgehead atoms. The number of H-pyrrole nitrogens is 1. The van der Waals surface area contributed by atoms with Crippen LogP contribution in [0.15, 0.2) is 29.3 Å². The summed E-state index contributed by atoms with van der Waals surface area (Å²) in [6, 6.07) is 2.41. The summed E-state index contributed by atoms with van der Waals surface area (Å²) in [5, 5.41) is 22.8. The van der Waals surface area contributed by atoms with Gasteiger partial charge < -0.3 is 19.8 Å². The molecule has 0 aliphatic heterocycles. The van der Waals surface area contributed by atoms with Crippen molar-refractivity contribution in [1.82, 2.24) is 20.2 Å². The molecule has 3 aromatic heterocycles. The summed E-state index contributed by atoms with van der Waals surface area (Å²) >= 11 is 0. The van der Waals surface area contributed by atoms with Gasteiger partial charge in [-0.05, 0) is 55.4 Å². The quantitative estimate of drug-likeness (QED) is 0.651. The second kappa shape index (κ2) is 6.34. The maximum absolute atomic E-state index is 10.0. The molecule has 142 valence electrons. The van der Waals surface area contributed by atoms with Crippen LogP contribution < -0.4 is 5.32 Å². The van der Waals surface area contributed by atoms with Gasteiger partial charge in [-0.15, -0.1) is 10.2 Å². The van der Waals surface area contributed by atoms with E-state index in [-0.39, 0.29) is 5.41 Å². The van der Waals surface area contributed by atoms with Crippen molar-refractivity contribution < 1.29 is 9.52 Å². The van der Waals surface area contributed by atoms with Crippen LogP contribution in [-0.4, -0.2) is 37.9 Å². The summed E-state index contributed by atoms with van der Waals surface area (Å²) in [7, 11) is 0. The normalized spacial score (nSPS) is 30.5. The van der Waals surface area contributed by atoms with Gasteiger partial charge in [-0.1, -0.05) is 6.92 Å². The van der Waals surface area contributed by atoms with E-state index in [1.165, 1.54) is 12.8 Å². The van der Waals surface area contributed by atoms with E-state index in [9.17, 15) is 5.11 Å². The number of nitrogens with one attached hydrogen (secondary N) is 2. The molecular weight excluding hydrogens is 342 g/mol. The zero-order valence-corrected chi connectivity index (χ0v) is 15.5. The van der Waals surface area contributed by atoms with E-state index < -0.39 is 0 Å². The summed E-state index contributed by atoms with van der Waals surface area (Å²) in [5.41, 5.74) is 2.81. The maximum Gasteiger partial charge on any atom is 0.251 e. The summed E-state index contributed by atoms with van der Waals surface area (Å²) in [5.74, 6) is 1.69. The lowest BCUT2D eigenvalue weighted by atomic mass is 9.58. The summed E-state index contributed by atoms with van der Waals surface area (Å²) in [6.45, 7) is 2.63. The van der Waals surface area contributed by atoms with E-state index in [0.717, 1.165) is 48.0 Å². The van der Waals surface area contributed by atoms with Gasteiger partial charge in [0.25, 0.3) is 5.89 Å². The number of rotatable bonds is 4. The Morgan fingerprint density at radius 2 is 2.33 bits per heavy atom.